The molecular formula is C13H13FN6O2. The van der Waals surface area contributed by atoms with Crippen molar-refractivity contribution in [3.8, 4) is 0 Å². The predicted octanol–water partition coefficient (Wildman–Crippen LogP) is 0.591. The van der Waals surface area contributed by atoms with Gasteiger partial charge in [0.25, 0.3) is 0 Å². The molecule has 0 saturated carbocycles. The third-order valence-electron chi connectivity index (χ3n) is 2.45. The molecule has 114 valence electrons. The number of para-hydroxylation sites is 1. The van der Waals surface area contributed by atoms with E-state index in [-0.39, 0.29) is 29.0 Å². The second-order valence-electron chi connectivity index (χ2n) is 4.28. The van der Waals surface area contributed by atoms with Gasteiger partial charge in [-0.2, -0.15) is 15.2 Å². The Hall–Kier alpha value is -3.10. The molecule has 1 aliphatic rings. The number of halogens is 1. The van der Waals surface area contributed by atoms with Crippen LogP contribution >= 0.6 is 0 Å². The maximum atomic E-state index is 13.5. The van der Waals surface area contributed by atoms with Crippen LogP contribution in [0.4, 0.5) is 10.1 Å². The zero-order chi connectivity index (χ0) is 16.1. The summed E-state index contributed by atoms with van der Waals surface area (Å²) in [5, 5.41) is 10.2. The third kappa shape index (κ3) is 3.72. The molecule has 1 aromatic carbocycles. The number of anilines is 1. The summed E-state index contributed by atoms with van der Waals surface area (Å²) in [5.41, 5.74) is 5.21. The summed E-state index contributed by atoms with van der Waals surface area (Å²) < 4.78 is 13.5. The van der Waals surface area contributed by atoms with Gasteiger partial charge in [-0.1, -0.05) is 12.1 Å². The Kier molecular flexibility index (Phi) is 4.57. The van der Waals surface area contributed by atoms with Crippen LogP contribution in [-0.4, -0.2) is 29.2 Å². The molecule has 1 heterocycles. The zero-order valence-electron chi connectivity index (χ0n) is 11.8. The average molecular weight is 304 g/mol. The van der Waals surface area contributed by atoms with E-state index in [0.29, 0.717) is 0 Å². The molecule has 0 saturated heterocycles. The van der Waals surface area contributed by atoms with Crippen LogP contribution in [0.5, 0.6) is 0 Å². The highest BCUT2D eigenvalue weighted by molar-refractivity contribution is 6.70. The molecule has 0 radical (unpaired) electrons. The maximum absolute atomic E-state index is 13.5. The highest BCUT2D eigenvalue weighted by Gasteiger charge is 2.24. The average Bonchev–Trinajstić information content (AvgIpc) is 2.79. The van der Waals surface area contributed by atoms with Crippen molar-refractivity contribution in [1.29, 1.82) is 0 Å². The number of carbonyl (C=O) groups excluding carboxylic acids is 2. The van der Waals surface area contributed by atoms with Crippen LogP contribution in [0, 0.1) is 5.82 Å². The first-order valence-corrected chi connectivity index (χ1v) is 6.27. The summed E-state index contributed by atoms with van der Waals surface area (Å²) in [6.07, 6.45) is 0. The minimum atomic E-state index is -0.499. The number of aliphatic imine (C=N–C) groups is 1. The quantitative estimate of drug-likeness (QED) is 0.695. The second-order valence-corrected chi connectivity index (χ2v) is 4.28. The van der Waals surface area contributed by atoms with E-state index in [2.05, 4.69) is 31.4 Å². The number of hydrogen-bond donors (Lipinski definition) is 3. The smallest absolute Gasteiger partial charge is 0.244 e. The van der Waals surface area contributed by atoms with Crippen LogP contribution < -0.4 is 16.2 Å². The summed E-state index contributed by atoms with van der Waals surface area (Å²) >= 11 is 0. The Morgan fingerprint density at radius 3 is 2.64 bits per heavy atom. The number of carbonyl (C=O) groups is 2. The van der Waals surface area contributed by atoms with Gasteiger partial charge in [-0.25, -0.2) is 4.39 Å². The molecule has 2 rings (SSSR count). The van der Waals surface area contributed by atoms with Crippen molar-refractivity contribution < 1.29 is 14.0 Å². The SMILES string of the molecule is CC(=O)/N=C1\NN=C(NC(C)=O)\C1=N\Nc1ccccc1F. The van der Waals surface area contributed by atoms with Crippen molar-refractivity contribution in [2.45, 2.75) is 13.8 Å². The van der Waals surface area contributed by atoms with E-state index in [1.54, 1.807) is 6.07 Å². The van der Waals surface area contributed by atoms with E-state index in [9.17, 15) is 14.0 Å². The Labute approximate surface area is 125 Å². The normalized spacial score (nSPS) is 17.1. The number of nitrogens with zero attached hydrogens (tertiary/aromatic N) is 3. The molecular weight excluding hydrogens is 291 g/mol. The van der Waals surface area contributed by atoms with Crippen LogP contribution in [0.2, 0.25) is 0 Å². The van der Waals surface area contributed by atoms with Gasteiger partial charge >= 0.3 is 0 Å². The molecule has 3 N–H and O–H groups in total. The molecule has 22 heavy (non-hydrogen) atoms. The first-order chi connectivity index (χ1) is 10.5. The van der Waals surface area contributed by atoms with Gasteiger partial charge in [-0.3, -0.25) is 20.4 Å². The van der Waals surface area contributed by atoms with Crippen LogP contribution in [0.1, 0.15) is 13.8 Å². The lowest BCUT2D eigenvalue weighted by Gasteiger charge is -2.05. The fourth-order valence-corrected chi connectivity index (χ4v) is 1.59. The fourth-order valence-electron chi connectivity index (χ4n) is 1.59. The number of hydrazone groups is 2. The van der Waals surface area contributed by atoms with Crippen molar-refractivity contribution in [1.82, 2.24) is 10.7 Å². The first kappa shape index (κ1) is 15.3. The highest BCUT2D eigenvalue weighted by atomic mass is 19.1. The minimum absolute atomic E-state index is 0.0556. The van der Waals surface area contributed by atoms with Crippen molar-refractivity contribution >= 4 is 34.9 Å². The standard InChI is InChI=1S/C13H13FN6O2/c1-7(21)15-12-11(13(20-19-12)16-8(2)22)18-17-10-6-4-3-5-9(10)14/h3-6,17H,1-2H3,(H2,15,16,18,19,20,21,22). The van der Waals surface area contributed by atoms with Crippen molar-refractivity contribution in [3.05, 3.63) is 30.1 Å². The molecule has 0 unspecified atom stereocenters. The molecule has 0 spiro atoms. The fraction of sp³-hybridized carbons (Fsp3) is 0.154. The Morgan fingerprint density at radius 2 is 2.00 bits per heavy atom. The predicted molar refractivity (Wildman–Crippen MR) is 80.0 cm³/mol. The highest BCUT2D eigenvalue weighted by Crippen LogP contribution is 2.12. The molecule has 0 aromatic heterocycles. The van der Waals surface area contributed by atoms with E-state index >= 15 is 0 Å². The largest absolute Gasteiger partial charge is 0.308 e. The monoisotopic (exact) mass is 304 g/mol. The molecule has 0 fully saturated rings. The first-order valence-electron chi connectivity index (χ1n) is 6.27. The molecule has 9 heteroatoms. The molecule has 0 atom stereocenters. The lowest BCUT2D eigenvalue weighted by atomic mass is 10.3. The molecule has 1 aromatic rings. The maximum Gasteiger partial charge on any atom is 0.244 e. The van der Waals surface area contributed by atoms with Crippen molar-refractivity contribution in [3.63, 3.8) is 0 Å². The van der Waals surface area contributed by atoms with Gasteiger partial charge in [-0.05, 0) is 12.1 Å². The summed E-state index contributed by atoms with van der Waals surface area (Å²) in [4.78, 5) is 25.9. The van der Waals surface area contributed by atoms with Gasteiger partial charge in [0.2, 0.25) is 11.8 Å². The van der Waals surface area contributed by atoms with Gasteiger partial charge in [-0.15, -0.1) is 0 Å². The van der Waals surface area contributed by atoms with E-state index in [1.165, 1.54) is 32.0 Å². The number of benzene rings is 1. The molecule has 0 aliphatic carbocycles. The van der Waals surface area contributed by atoms with E-state index in [4.69, 9.17) is 0 Å². The third-order valence-corrected chi connectivity index (χ3v) is 2.45. The summed E-state index contributed by atoms with van der Waals surface area (Å²) in [5.74, 6) is -1.21. The number of hydrogen-bond acceptors (Lipinski definition) is 5. The Bertz CT molecular complexity index is 710. The summed E-state index contributed by atoms with van der Waals surface area (Å²) in [6.45, 7) is 2.55. The van der Waals surface area contributed by atoms with Gasteiger partial charge < -0.3 is 5.32 Å². The van der Waals surface area contributed by atoms with E-state index < -0.39 is 11.7 Å². The number of amidine groups is 2. The second kappa shape index (κ2) is 6.57. The van der Waals surface area contributed by atoms with Gasteiger partial charge in [0.05, 0.1) is 5.69 Å². The van der Waals surface area contributed by atoms with Gasteiger partial charge in [0.15, 0.2) is 17.4 Å². The number of nitrogens with one attached hydrogen (secondary N) is 3. The summed E-state index contributed by atoms with van der Waals surface area (Å²) in [7, 11) is 0. The number of amides is 2. The number of rotatable bonds is 2. The Morgan fingerprint density at radius 1 is 1.27 bits per heavy atom. The van der Waals surface area contributed by atoms with Crippen molar-refractivity contribution in [2.24, 2.45) is 15.2 Å². The minimum Gasteiger partial charge on any atom is -0.308 e. The van der Waals surface area contributed by atoms with Crippen LogP contribution in [0.15, 0.2) is 39.5 Å². The van der Waals surface area contributed by atoms with Crippen LogP contribution in [0.25, 0.3) is 0 Å². The summed E-state index contributed by atoms with van der Waals surface area (Å²) in [6, 6.07) is 5.92. The van der Waals surface area contributed by atoms with Crippen LogP contribution in [-0.2, 0) is 9.59 Å². The molecule has 0 bridgehead atoms. The molecule has 8 nitrogen and oxygen atoms in total. The van der Waals surface area contributed by atoms with Crippen LogP contribution in [0.3, 0.4) is 0 Å². The Balaban J connectivity index is 2.30. The lowest BCUT2D eigenvalue weighted by molar-refractivity contribution is -0.117. The van der Waals surface area contributed by atoms with Gasteiger partial charge in [0.1, 0.15) is 5.82 Å². The van der Waals surface area contributed by atoms with Crippen molar-refractivity contribution in [2.75, 3.05) is 5.43 Å². The molecule has 1 aliphatic heterocycles. The zero-order valence-corrected chi connectivity index (χ0v) is 11.8. The van der Waals surface area contributed by atoms with E-state index in [1.807, 2.05) is 0 Å². The van der Waals surface area contributed by atoms with E-state index in [0.717, 1.165) is 0 Å². The van der Waals surface area contributed by atoms with Gasteiger partial charge in [0, 0.05) is 13.8 Å². The topological polar surface area (TPSA) is 107 Å². The lowest BCUT2D eigenvalue weighted by Crippen LogP contribution is -2.36. The molecule has 2 amide bonds.